The van der Waals surface area contributed by atoms with Crippen LogP contribution >= 0.6 is 0 Å². The molecule has 0 spiro atoms. The first-order valence-corrected chi connectivity index (χ1v) is 5.55. The molecule has 3 heteroatoms. The third kappa shape index (κ3) is 1.65. The van der Waals surface area contributed by atoms with Gasteiger partial charge in [-0.2, -0.15) is 0 Å². The van der Waals surface area contributed by atoms with Crippen LogP contribution in [0.1, 0.15) is 32.6 Å². The van der Waals surface area contributed by atoms with Crippen LogP contribution in [0.2, 0.25) is 0 Å². The molecular weight excluding hydrogens is 178 g/mol. The Kier molecular flexibility index (Phi) is 2.77. The SMILES string of the molecule is COC1CC(C(=O)N2CCCC2C)C1. The minimum atomic E-state index is 0.250. The van der Waals surface area contributed by atoms with E-state index in [1.165, 1.54) is 12.8 Å². The Morgan fingerprint density at radius 3 is 2.64 bits per heavy atom. The highest BCUT2D eigenvalue weighted by molar-refractivity contribution is 5.80. The second-order valence-electron chi connectivity index (χ2n) is 4.55. The predicted molar refractivity (Wildman–Crippen MR) is 53.9 cm³/mol. The van der Waals surface area contributed by atoms with Crippen LogP contribution in [0.15, 0.2) is 0 Å². The molecule has 14 heavy (non-hydrogen) atoms. The number of carbonyl (C=O) groups is 1. The Balaban J connectivity index is 1.84. The summed E-state index contributed by atoms with van der Waals surface area (Å²) >= 11 is 0. The van der Waals surface area contributed by atoms with Crippen molar-refractivity contribution >= 4 is 5.91 Å². The van der Waals surface area contributed by atoms with Crippen molar-refractivity contribution in [3.05, 3.63) is 0 Å². The van der Waals surface area contributed by atoms with Gasteiger partial charge in [-0.05, 0) is 32.6 Å². The number of hydrogen-bond acceptors (Lipinski definition) is 2. The quantitative estimate of drug-likeness (QED) is 0.670. The maximum atomic E-state index is 12.0. The van der Waals surface area contributed by atoms with Gasteiger partial charge < -0.3 is 9.64 Å². The topological polar surface area (TPSA) is 29.5 Å². The molecule has 1 amide bonds. The lowest BCUT2D eigenvalue weighted by molar-refractivity contribution is -0.143. The van der Waals surface area contributed by atoms with Gasteiger partial charge in [0.05, 0.1) is 6.10 Å². The van der Waals surface area contributed by atoms with E-state index in [1.807, 2.05) is 0 Å². The molecule has 0 aromatic heterocycles. The van der Waals surface area contributed by atoms with Gasteiger partial charge in [0, 0.05) is 25.6 Å². The monoisotopic (exact) mass is 197 g/mol. The van der Waals surface area contributed by atoms with E-state index in [0.717, 1.165) is 19.4 Å². The summed E-state index contributed by atoms with van der Waals surface area (Å²) < 4.78 is 5.19. The van der Waals surface area contributed by atoms with E-state index in [9.17, 15) is 4.79 Å². The number of ether oxygens (including phenoxy) is 1. The average Bonchev–Trinajstić information content (AvgIpc) is 2.49. The Bertz CT molecular complexity index is 223. The fourth-order valence-electron chi connectivity index (χ4n) is 2.45. The first-order valence-electron chi connectivity index (χ1n) is 5.55. The summed E-state index contributed by atoms with van der Waals surface area (Å²) in [5.74, 6) is 0.615. The minimum absolute atomic E-state index is 0.250. The molecular formula is C11H19NO2. The molecule has 1 aliphatic carbocycles. The minimum Gasteiger partial charge on any atom is -0.381 e. The maximum absolute atomic E-state index is 12.0. The van der Waals surface area contributed by atoms with E-state index in [0.29, 0.717) is 18.1 Å². The van der Waals surface area contributed by atoms with E-state index in [1.54, 1.807) is 7.11 Å². The van der Waals surface area contributed by atoms with Crippen LogP contribution < -0.4 is 0 Å². The third-order valence-electron chi connectivity index (χ3n) is 3.61. The second kappa shape index (κ2) is 3.89. The number of rotatable bonds is 2. The van der Waals surface area contributed by atoms with Gasteiger partial charge in [0.1, 0.15) is 0 Å². The van der Waals surface area contributed by atoms with Crippen LogP contribution in [-0.4, -0.2) is 36.6 Å². The molecule has 1 saturated heterocycles. The Morgan fingerprint density at radius 2 is 2.14 bits per heavy atom. The first kappa shape index (κ1) is 9.97. The van der Waals surface area contributed by atoms with Crippen LogP contribution in [0.5, 0.6) is 0 Å². The number of hydrogen-bond donors (Lipinski definition) is 0. The van der Waals surface area contributed by atoms with Crippen molar-refractivity contribution in [1.82, 2.24) is 4.90 Å². The maximum Gasteiger partial charge on any atom is 0.226 e. The molecule has 1 heterocycles. The summed E-state index contributed by atoms with van der Waals surface area (Å²) in [5.41, 5.74) is 0. The summed E-state index contributed by atoms with van der Waals surface area (Å²) in [4.78, 5) is 14.0. The highest BCUT2D eigenvalue weighted by Crippen LogP contribution is 2.33. The highest BCUT2D eigenvalue weighted by Gasteiger charge is 2.39. The molecule has 0 aromatic rings. The lowest BCUT2D eigenvalue weighted by Crippen LogP contribution is -2.45. The number of amides is 1. The van der Waals surface area contributed by atoms with Gasteiger partial charge in [0.25, 0.3) is 0 Å². The summed E-state index contributed by atoms with van der Waals surface area (Å²) in [6, 6.07) is 0.462. The van der Waals surface area contributed by atoms with Crippen molar-refractivity contribution in [2.45, 2.75) is 44.8 Å². The molecule has 0 bridgehead atoms. The van der Waals surface area contributed by atoms with E-state index in [2.05, 4.69) is 11.8 Å². The molecule has 0 aromatic carbocycles. The molecule has 0 radical (unpaired) electrons. The summed E-state index contributed by atoms with van der Waals surface area (Å²) in [6.45, 7) is 3.12. The van der Waals surface area contributed by atoms with E-state index < -0.39 is 0 Å². The lowest BCUT2D eigenvalue weighted by atomic mass is 9.81. The molecule has 2 aliphatic rings. The van der Waals surface area contributed by atoms with Gasteiger partial charge in [0.2, 0.25) is 5.91 Å². The molecule has 0 N–H and O–H groups in total. The van der Waals surface area contributed by atoms with Crippen molar-refractivity contribution in [2.75, 3.05) is 13.7 Å². The van der Waals surface area contributed by atoms with Crippen molar-refractivity contribution < 1.29 is 9.53 Å². The van der Waals surface area contributed by atoms with E-state index in [-0.39, 0.29) is 5.92 Å². The Morgan fingerprint density at radius 1 is 1.43 bits per heavy atom. The molecule has 2 rings (SSSR count). The first-order chi connectivity index (χ1) is 6.72. The van der Waals surface area contributed by atoms with Crippen LogP contribution in [0, 0.1) is 5.92 Å². The van der Waals surface area contributed by atoms with Gasteiger partial charge in [0.15, 0.2) is 0 Å². The summed E-state index contributed by atoms with van der Waals surface area (Å²) in [5, 5.41) is 0. The fraction of sp³-hybridized carbons (Fsp3) is 0.909. The molecule has 1 unspecified atom stereocenters. The lowest BCUT2D eigenvalue weighted by Gasteiger charge is -2.36. The Labute approximate surface area is 85.4 Å². The highest BCUT2D eigenvalue weighted by atomic mass is 16.5. The standard InChI is InChI=1S/C11H19NO2/c1-8-4-3-5-12(8)11(13)9-6-10(7-9)14-2/h8-10H,3-7H2,1-2H3. The van der Waals surface area contributed by atoms with Crippen LogP contribution in [-0.2, 0) is 9.53 Å². The summed E-state index contributed by atoms with van der Waals surface area (Å²) in [7, 11) is 1.73. The molecule has 1 aliphatic heterocycles. The van der Waals surface area contributed by atoms with Gasteiger partial charge in [-0.1, -0.05) is 0 Å². The third-order valence-corrected chi connectivity index (χ3v) is 3.61. The largest absolute Gasteiger partial charge is 0.381 e. The van der Waals surface area contributed by atoms with Gasteiger partial charge >= 0.3 is 0 Å². The molecule has 1 saturated carbocycles. The summed E-state index contributed by atoms with van der Waals surface area (Å²) in [6.07, 6.45) is 4.54. The van der Waals surface area contributed by atoms with Crippen LogP contribution in [0.3, 0.4) is 0 Å². The zero-order valence-corrected chi connectivity index (χ0v) is 9.03. The van der Waals surface area contributed by atoms with Gasteiger partial charge in [-0.3, -0.25) is 4.79 Å². The van der Waals surface area contributed by atoms with E-state index >= 15 is 0 Å². The average molecular weight is 197 g/mol. The number of likely N-dealkylation sites (tertiary alicyclic amines) is 1. The zero-order valence-electron chi connectivity index (χ0n) is 9.03. The van der Waals surface area contributed by atoms with E-state index in [4.69, 9.17) is 4.74 Å². The van der Waals surface area contributed by atoms with Crippen LogP contribution in [0.4, 0.5) is 0 Å². The number of nitrogens with zero attached hydrogens (tertiary/aromatic N) is 1. The Hall–Kier alpha value is -0.570. The fourth-order valence-corrected chi connectivity index (χ4v) is 2.45. The van der Waals surface area contributed by atoms with Crippen molar-refractivity contribution in [3.63, 3.8) is 0 Å². The molecule has 1 atom stereocenters. The van der Waals surface area contributed by atoms with Gasteiger partial charge in [-0.15, -0.1) is 0 Å². The smallest absolute Gasteiger partial charge is 0.226 e. The van der Waals surface area contributed by atoms with Gasteiger partial charge in [-0.25, -0.2) is 0 Å². The molecule has 2 fully saturated rings. The van der Waals surface area contributed by atoms with Crippen molar-refractivity contribution in [3.8, 4) is 0 Å². The van der Waals surface area contributed by atoms with Crippen molar-refractivity contribution in [1.29, 1.82) is 0 Å². The second-order valence-corrected chi connectivity index (χ2v) is 4.55. The number of carbonyl (C=O) groups excluding carboxylic acids is 1. The van der Waals surface area contributed by atoms with Crippen molar-refractivity contribution in [2.24, 2.45) is 5.92 Å². The zero-order chi connectivity index (χ0) is 10.1. The normalized spacial score (nSPS) is 37.0. The number of methoxy groups -OCH3 is 1. The molecule has 80 valence electrons. The molecule has 3 nitrogen and oxygen atoms in total. The predicted octanol–water partition coefficient (Wildman–Crippen LogP) is 1.42. The van der Waals surface area contributed by atoms with Crippen LogP contribution in [0.25, 0.3) is 0 Å².